The molecule has 3 atom stereocenters. The second kappa shape index (κ2) is 6.56. The van der Waals surface area contributed by atoms with Gasteiger partial charge < -0.3 is 5.73 Å². The lowest BCUT2D eigenvalue weighted by Crippen LogP contribution is -2.40. The normalized spacial score (nSPS) is 26.8. The first-order valence-electron chi connectivity index (χ1n) is 6.97. The van der Waals surface area contributed by atoms with Crippen molar-refractivity contribution in [3.8, 4) is 0 Å². The molecule has 1 aliphatic rings. The molecule has 2 rings (SSSR count). The zero-order valence-electron chi connectivity index (χ0n) is 12.1. The number of halogens is 2. The quantitative estimate of drug-likeness (QED) is 0.701. The summed E-state index contributed by atoms with van der Waals surface area (Å²) in [7, 11) is -3.62. The van der Waals surface area contributed by atoms with Gasteiger partial charge >= 0.3 is 0 Å². The first kappa shape index (κ1) is 17.2. The van der Waals surface area contributed by atoms with E-state index in [2.05, 4.69) is 50.4 Å². The van der Waals surface area contributed by atoms with Crippen LogP contribution in [0, 0.1) is 11.8 Å². The van der Waals surface area contributed by atoms with Gasteiger partial charge in [0.05, 0.1) is 5.69 Å². The van der Waals surface area contributed by atoms with Crippen molar-refractivity contribution in [2.45, 2.75) is 44.0 Å². The highest BCUT2D eigenvalue weighted by Crippen LogP contribution is 2.34. The van der Waals surface area contributed by atoms with Crippen molar-refractivity contribution in [1.29, 1.82) is 0 Å². The van der Waals surface area contributed by atoms with Gasteiger partial charge in [-0.15, -0.1) is 0 Å². The molecular weight excluding hydrogens is 420 g/mol. The van der Waals surface area contributed by atoms with Gasteiger partial charge in [0.15, 0.2) is 0 Å². The van der Waals surface area contributed by atoms with Crippen molar-refractivity contribution in [1.82, 2.24) is 4.72 Å². The largest absolute Gasteiger partial charge is 0.398 e. The average Bonchev–Trinajstić information content (AvgIpc) is 2.31. The number of anilines is 1. The van der Waals surface area contributed by atoms with Crippen LogP contribution in [0.15, 0.2) is 26.0 Å². The van der Waals surface area contributed by atoms with Crippen molar-refractivity contribution >= 4 is 47.6 Å². The third-order valence-electron chi connectivity index (χ3n) is 4.23. The van der Waals surface area contributed by atoms with E-state index >= 15 is 0 Å². The number of nitrogens with one attached hydrogen (secondary N) is 1. The summed E-state index contributed by atoms with van der Waals surface area (Å²) in [5.74, 6) is 1.17. The first-order valence-corrected chi connectivity index (χ1v) is 10.0. The molecule has 0 spiro atoms. The fourth-order valence-electron chi connectivity index (χ4n) is 2.80. The van der Waals surface area contributed by atoms with Gasteiger partial charge in [0, 0.05) is 15.0 Å². The number of nitrogens with two attached hydrogens (primary N) is 1. The molecule has 118 valence electrons. The number of benzene rings is 1. The zero-order chi connectivity index (χ0) is 15.8. The van der Waals surface area contributed by atoms with Gasteiger partial charge in [0.2, 0.25) is 10.0 Å². The van der Waals surface area contributed by atoms with E-state index in [1.54, 1.807) is 12.1 Å². The number of hydrogen-bond acceptors (Lipinski definition) is 3. The molecule has 1 aliphatic carbocycles. The van der Waals surface area contributed by atoms with E-state index in [0.717, 1.165) is 23.7 Å². The molecule has 0 aliphatic heterocycles. The highest BCUT2D eigenvalue weighted by atomic mass is 79.9. The van der Waals surface area contributed by atoms with Gasteiger partial charge in [-0.05, 0) is 59.2 Å². The monoisotopic (exact) mass is 438 g/mol. The average molecular weight is 440 g/mol. The molecule has 0 aromatic heterocycles. The number of hydrogen-bond donors (Lipinski definition) is 2. The lowest BCUT2D eigenvalue weighted by Gasteiger charge is -2.32. The highest BCUT2D eigenvalue weighted by Gasteiger charge is 2.30. The fourth-order valence-corrected chi connectivity index (χ4v) is 6.15. The van der Waals surface area contributed by atoms with Crippen molar-refractivity contribution < 1.29 is 8.42 Å². The van der Waals surface area contributed by atoms with Crippen LogP contribution in [0.5, 0.6) is 0 Å². The SMILES string of the molecule is CC1CCC(NS(=O)(=O)c2c(N)cc(Br)cc2Br)CC1C. The first-order chi connectivity index (χ1) is 9.70. The molecule has 21 heavy (non-hydrogen) atoms. The second-order valence-corrected chi connectivity index (χ2v) is 9.31. The van der Waals surface area contributed by atoms with Crippen LogP contribution < -0.4 is 10.5 Å². The fraction of sp³-hybridized carbons (Fsp3) is 0.571. The topological polar surface area (TPSA) is 72.2 Å². The van der Waals surface area contributed by atoms with Crippen molar-refractivity contribution in [2.24, 2.45) is 11.8 Å². The molecule has 0 amide bonds. The minimum atomic E-state index is -3.62. The van der Waals surface area contributed by atoms with Crippen LogP contribution >= 0.6 is 31.9 Å². The van der Waals surface area contributed by atoms with Gasteiger partial charge in [-0.3, -0.25) is 0 Å². The minimum Gasteiger partial charge on any atom is -0.398 e. The molecule has 0 bridgehead atoms. The third kappa shape index (κ3) is 4.00. The summed E-state index contributed by atoms with van der Waals surface area (Å²) in [5, 5.41) is 0. The number of nitrogen functional groups attached to an aromatic ring is 1. The molecule has 0 heterocycles. The van der Waals surface area contributed by atoms with Crippen molar-refractivity contribution in [2.75, 3.05) is 5.73 Å². The molecule has 3 unspecified atom stereocenters. The van der Waals surface area contributed by atoms with Gasteiger partial charge in [-0.1, -0.05) is 29.8 Å². The zero-order valence-corrected chi connectivity index (χ0v) is 16.1. The van der Waals surface area contributed by atoms with Crippen molar-refractivity contribution in [3.63, 3.8) is 0 Å². The molecule has 3 N–H and O–H groups in total. The van der Waals surface area contributed by atoms with E-state index in [1.165, 1.54) is 0 Å². The van der Waals surface area contributed by atoms with Crippen LogP contribution in [0.1, 0.15) is 33.1 Å². The van der Waals surface area contributed by atoms with Gasteiger partial charge in [-0.25, -0.2) is 13.1 Å². The van der Waals surface area contributed by atoms with Crippen LogP contribution in [0.2, 0.25) is 0 Å². The van der Waals surface area contributed by atoms with Gasteiger partial charge in [0.25, 0.3) is 0 Å². The second-order valence-electron chi connectivity index (χ2n) is 5.89. The van der Waals surface area contributed by atoms with Crippen LogP contribution in [0.25, 0.3) is 0 Å². The number of rotatable bonds is 3. The van der Waals surface area contributed by atoms with Crippen LogP contribution in [-0.2, 0) is 10.0 Å². The minimum absolute atomic E-state index is 0.0175. The van der Waals surface area contributed by atoms with Gasteiger partial charge in [0.1, 0.15) is 4.90 Å². The predicted molar refractivity (Wildman–Crippen MR) is 92.5 cm³/mol. The molecule has 1 saturated carbocycles. The van der Waals surface area contributed by atoms with E-state index in [4.69, 9.17) is 5.73 Å². The molecule has 4 nitrogen and oxygen atoms in total. The Morgan fingerprint density at radius 1 is 1.19 bits per heavy atom. The smallest absolute Gasteiger partial charge is 0.243 e. The van der Waals surface area contributed by atoms with Crippen molar-refractivity contribution in [3.05, 3.63) is 21.1 Å². The maximum absolute atomic E-state index is 12.6. The molecule has 0 radical (unpaired) electrons. The summed E-state index contributed by atoms with van der Waals surface area (Å²) in [6.45, 7) is 4.40. The van der Waals surface area contributed by atoms with Gasteiger partial charge in [-0.2, -0.15) is 0 Å². The van der Waals surface area contributed by atoms with E-state index in [9.17, 15) is 8.42 Å². The molecule has 1 aromatic carbocycles. The molecule has 1 aromatic rings. The summed E-state index contributed by atoms with van der Waals surface area (Å²) in [6, 6.07) is 3.28. The summed E-state index contributed by atoms with van der Waals surface area (Å²) in [4.78, 5) is 0.122. The third-order valence-corrected chi connectivity index (χ3v) is 7.21. The lowest BCUT2D eigenvalue weighted by molar-refractivity contribution is 0.242. The Kier molecular flexibility index (Phi) is 5.39. The van der Waals surface area contributed by atoms with E-state index < -0.39 is 10.0 Å². The Balaban J connectivity index is 2.24. The predicted octanol–water partition coefficient (Wildman–Crippen LogP) is 3.90. The summed E-state index contributed by atoms with van der Waals surface area (Å²) < 4.78 is 29.2. The molecule has 0 saturated heterocycles. The molecule has 7 heteroatoms. The number of sulfonamides is 1. The molecule has 1 fully saturated rings. The summed E-state index contributed by atoms with van der Waals surface area (Å²) in [6.07, 6.45) is 2.79. The van der Waals surface area contributed by atoms with E-state index in [1.807, 2.05) is 0 Å². The van der Waals surface area contributed by atoms with Crippen LogP contribution in [-0.4, -0.2) is 14.5 Å². The highest BCUT2D eigenvalue weighted by molar-refractivity contribution is 9.11. The Hall–Kier alpha value is -0.110. The lowest BCUT2D eigenvalue weighted by atomic mass is 9.79. The van der Waals surface area contributed by atoms with E-state index in [-0.39, 0.29) is 16.6 Å². The molecular formula is C14H20Br2N2O2S. The van der Waals surface area contributed by atoms with Crippen LogP contribution in [0.4, 0.5) is 5.69 Å². The Bertz CT molecular complexity index is 611. The summed E-state index contributed by atoms with van der Waals surface area (Å²) in [5.41, 5.74) is 6.12. The van der Waals surface area contributed by atoms with Crippen LogP contribution in [0.3, 0.4) is 0 Å². The Morgan fingerprint density at radius 3 is 2.43 bits per heavy atom. The maximum Gasteiger partial charge on any atom is 0.243 e. The standard InChI is InChI=1S/C14H20Br2N2O2S/c1-8-3-4-11(5-9(8)2)18-21(19,20)14-12(16)6-10(15)7-13(14)17/h6-9,11,18H,3-5,17H2,1-2H3. The Morgan fingerprint density at radius 2 is 1.86 bits per heavy atom. The van der Waals surface area contributed by atoms with E-state index in [0.29, 0.717) is 16.3 Å². The summed E-state index contributed by atoms with van der Waals surface area (Å²) >= 11 is 6.59. The Labute approximate surface area is 143 Å². The maximum atomic E-state index is 12.6.